The van der Waals surface area contributed by atoms with E-state index in [4.69, 9.17) is 26.2 Å². The van der Waals surface area contributed by atoms with Crippen LogP contribution in [0.4, 0.5) is 5.69 Å². The fourth-order valence-electron chi connectivity index (χ4n) is 4.22. The number of aryl methyl sites for hydroxylation is 2. The molecule has 6 nitrogen and oxygen atoms in total. The van der Waals surface area contributed by atoms with Crippen LogP contribution in [0.1, 0.15) is 61.5 Å². The fourth-order valence-corrected chi connectivity index (χ4v) is 4.22. The highest BCUT2D eigenvalue weighted by molar-refractivity contribution is 5.79. The number of ether oxygens (including phenoxy) is 1. The zero-order valence-corrected chi connectivity index (χ0v) is 18.4. The Labute approximate surface area is 189 Å². The standard InChI is InChI=1S/C26H31N5O/c27-26(28)30-21-15-8-16-23(17-21)32-24-18-22(14-7-11-19-9-3-1-4-10-19)29-25(31-24)20-12-5-2-6-13-20/h1,3-4,8-10,15-18,20H,2,5-7,11-14H2,(H4,27,28,30). The van der Waals surface area contributed by atoms with Crippen molar-refractivity contribution >= 4 is 11.6 Å². The van der Waals surface area contributed by atoms with Gasteiger partial charge in [-0.1, -0.05) is 55.7 Å². The first kappa shape index (κ1) is 21.8. The van der Waals surface area contributed by atoms with Crippen LogP contribution < -0.4 is 16.2 Å². The summed E-state index contributed by atoms with van der Waals surface area (Å²) in [7, 11) is 0. The van der Waals surface area contributed by atoms with Gasteiger partial charge in [0.05, 0.1) is 5.69 Å². The van der Waals surface area contributed by atoms with Gasteiger partial charge in [0, 0.05) is 23.7 Å². The van der Waals surface area contributed by atoms with Crippen molar-refractivity contribution in [3.05, 3.63) is 77.7 Å². The summed E-state index contributed by atoms with van der Waals surface area (Å²) < 4.78 is 6.14. The number of nitrogens with zero attached hydrogens (tertiary/aromatic N) is 3. The summed E-state index contributed by atoms with van der Waals surface area (Å²) in [5.74, 6) is 2.57. The second kappa shape index (κ2) is 10.8. The SMILES string of the molecule is NC(N)=Nc1cccc(Oc2cc(CCCc3ccccc3)nc(C3CCCCC3)n2)c1. The summed E-state index contributed by atoms with van der Waals surface area (Å²) in [6.07, 6.45) is 9.02. The van der Waals surface area contributed by atoms with E-state index in [2.05, 4.69) is 35.3 Å². The van der Waals surface area contributed by atoms with Crippen LogP contribution in [0.25, 0.3) is 0 Å². The van der Waals surface area contributed by atoms with E-state index < -0.39 is 0 Å². The van der Waals surface area contributed by atoms with Crippen molar-refractivity contribution < 1.29 is 4.74 Å². The molecule has 0 bridgehead atoms. The molecule has 1 aliphatic rings. The summed E-state index contributed by atoms with van der Waals surface area (Å²) in [6, 6.07) is 19.9. The molecule has 4 rings (SSSR count). The molecule has 4 N–H and O–H groups in total. The van der Waals surface area contributed by atoms with E-state index >= 15 is 0 Å². The van der Waals surface area contributed by atoms with Gasteiger partial charge in [0.2, 0.25) is 5.88 Å². The first-order chi connectivity index (χ1) is 15.7. The maximum Gasteiger partial charge on any atom is 0.222 e. The number of aliphatic imine (C=N–C) groups is 1. The molecule has 0 aliphatic heterocycles. The van der Waals surface area contributed by atoms with Gasteiger partial charge in [-0.25, -0.2) is 9.98 Å². The molecule has 1 aliphatic carbocycles. The quantitative estimate of drug-likeness (QED) is 0.369. The third kappa shape index (κ3) is 6.30. The first-order valence-corrected chi connectivity index (χ1v) is 11.4. The van der Waals surface area contributed by atoms with Crippen molar-refractivity contribution in [3.63, 3.8) is 0 Å². The topological polar surface area (TPSA) is 99.4 Å². The number of hydrogen-bond acceptors (Lipinski definition) is 4. The molecule has 6 heteroatoms. The van der Waals surface area contributed by atoms with Crippen LogP contribution in [0.2, 0.25) is 0 Å². The lowest BCUT2D eigenvalue weighted by Gasteiger charge is -2.21. The van der Waals surface area contributed by atoms with E-state index in [0.717, 1.165) is 43.6 Å². The molecule has 0 spiro atoms. The minimum atomic E-state index is 0.0180. The van der Waals surface area contributed by atoms with Crippen LogP contribution >= 0.6 is 0 Å². The summed E-state index contributed by atoms with van der Waals surface area (Å²) in [4.78, 5) is 13.8. The lowest BCUT2D eigenvalue weighted by atomic mass is 9.88. The number of nitrogens with two attached hydrogens (primary N) is 2. The van der Waals surface area contributed by atoms with Gasteiger partial charge in [-0.15, -0.1) is 0 Å². The minimum absolute atomic E-state index is 0.0180. The van der Waals surface area contributed by atoms with E-state index in [1.54, 1.807) is 6.07 Å². The minimum Gasteiger partial charge on any atom is -0.439 e. The fraction of sp³-hybridized carbons (Fsp3) is 0.346. The highest BCUT2D eigenvalue weighted by Crippen LogP contribution is 2.33. The Kier molecular flexibility index (Phi) is 7.33. The number of aromatic nitrogens is 2. The smallest absolute Gasteiger partial charge is 0.222 e. The number of rotatable bonds is 8. The van der Waals surface area contributed by atoms with Gasteiger partial charge in [0.25, 0.3) is 0 Å². The van der Waals surface area contributed by atoms with Crippen molar-refractivity contribution in [1.82, 2.24) is 9.97 Å². The average molecular weight is 430 g/mol. The predicted octanol–water partition coefficient (Wildman–Crippen LogP) is 5.40. The molecule has 0 unspecified atom stereocenters. The molecule has 32 heavy (non-hydrogen) atoms. The molecule has 0 amide bonds. The van der Waals surface area contributed by atoms with Crippen LogP contribution in [-0.2, 0) is 12.8 Å². The monoisotopic (exact) mass is 429 g/mol. The summed E-state index contributed by atoms with van der Waals surface area (Å²) in [5.41, 5.74) is 14.0. The molecule has 3 aromatic rings. The van der Waals surface area contributed by atoms with E-state index in [1.807, 2.05) is 24.3 Å². The van der Waals surface area contributed by atoms with Crippen molar-refractivity contribution in [2.45, 2.75) is 57.3 Å². The largest absolute Gasteiger partial charge is 0.439 e. The van der Waals surface area contributed by atoms with E-state index in [-0.39, 0.29) is 5.96 Å². The lowest BCUT2D eigenvalue weighted by molar-refractivity contribution is 0.412. The van der Waals surface area contributed by atoms with Crippen molar-refractivity contribution in [1.29, 1.82) is 0 Å². The van der Waals surface area contributed by atoms with Gasteiger partial charge in [-0.3, -0.25) is 0 Å². The van der Waals surface area contributed by atoms with Crippen LogP contribution in [0.3, 0.4) is 0 Å². The maximum atomic E-state index is 6.14. The second-order valence-electron chi connectivity index (χ2n) is 8.37. The molecular formula is C26H31N5O. The van der Waals surface area contributed by atoms with Crippen LogP contribution in [0, 0.1) is 0 Å². The summed E-state index contributed by atoms with van der Waals surface area (Å²) >= 11 is 0. The second-order valence-corrected chi connectivity index (χ2v) is 8.37. The van der Waals surface area contributed by atoms with Gasteiger partial charge >= 0.3 is 0 Å². The summed E-state index contributed by atoms with van der Waals surface area (Å²) in [5, 5.41) is 0. The third-order valence-corrected chi connectivity index (χ3v) is 5.78. The normalized spacial score (nSPS) is 14.1. The zero-order chi connectivity index (χ0) is 22.2. The van der Waals surface area contributed by atoms with Gasteiger partial charge in [0.1, 0.15) is 11.6 Å². The molecule has 1 saturated carbocycles. The van der Waals surface area contributed by atoms with Gasteiger partial charge in [-0.05, 0) is 49.8 Å². The average Bonchev–Trinajstić information content (AvgIpc) is 2.80. The number of benzene rings is 2. The van der Waals surface area contributed by atoms with Crippen LogP contribution in [0.15, 0.2) is 65.7 Å². The lowest BCUT2D eigenvalue weighted by Crippen LogP contribution is -2.21. The molecule has 0 atom stereocenters. The van der Waals surface area contributed by atoms with E-state index in [1.165, 1.54) is 24.8 Å². The number of guanidine groups is 1. The predicted molar refractivity (Wildman–Crippen MR) is 128 cm³/mol. The Morgan fingerprint density at radius 1 is 0.906 bits per heavy atom. The molecule has 1 heterocycles. The van der Waals surface area contributed by atoms with Crippen molar-refractivity contribution in [3.8, 4) is 11.6 Å². The number of hydrogen-bond donors (Lipinski definition) is 2. The maximum absolute atomic E-state index is 6.14. The molecule has 2 aromatic carbocycles. The van der Waals surface area contributed by atoms with Gasteiger partial charge in [-0.2, -0.15) is 4.98 Å². The Balaban J connectivity index is 1.53. The molecular weight excluding hydrogens is 398 g/mol. The molecule has 1 fully saturated rings. The Bertz CT molecular complexity index is 1040. The van der Waals surface area contributed by atoms with Crippen LogP contribution in [-0.4, -0.2) is 15.9 Å². The van der Waals surface area contributed by atoms with Crippen molar-refractivity contribution in [2.75, 3.05) is 0 Å². The highest BCUT2D eigenvalue weighted by Gasteiger charge is 2.20. The van der Waals surface area contributed by atoms with Crippen LogP contribution in [0.5, 0.6) is 11.6 Å². The van der Waals surface area contributed by atoms with E-state index in [9.17, 15) is 0 Å². The Morgan fingerprint density at radius 3 is 2.50 bits per heavy atom. The summed E-state index contributed by atoms with van der Waals surface area (Å²) in [6.45, 7) is 0. The molecule has 0 radical (unpaired) electrons. The molecule has 1 aromatic heterocycles. The van der Waals surface area contributed by atoms with Crippen molar-refractivity contribution in [2.24, 2.45) is 16.5 Å². The van der Waals surface area contributed by atoms with E-state index in [0.29, 0.717) is 23.2 Å². The highest BCUT2D eigenvalue weighted by atomic mass is 16.5. The first-order valence-electron chi connectivity index (χ1n) is 11.4. The Morgan fingerprint density at radius 2 is 1.72 bits per heavy atom. The zero-order valence-electron chi connectivity index (χ0n) is 18.4. The van der Waals surface area contributed by atoms with Gasteiger partial charge in [0.15, 0.2) is 5.96 Å². The van der Waals surface area contributed by atoms with Gasteiger partial charge < -0.3 is 16.2 Å². The Hall–Kier alpha value is -3.41. The third-order valence-electron chi connectivity index (χ3n) is 5.78. The molecule has 0 saturated heterocycles. The molecule has 166 valence electrons.